The molecule has 1 atom stereocenters. The van der Waals surface area contributed by atoms with Crippen LogP contribution in [0.15, 0.2) is 41.9 Å². The molecule has 2 N–H and O–H groups in total. The normalized spacial score (nSPS) is 19.4. The van der Waals surface area contributed by atoms with E-state index in [4.69, 9.17) is 0 Å². The molecule has 0 saturated carbocycles. The average Bonchev–Trinajstić information content (AvgIpc) is 2.79. The summed E-state index contributed by atoms with van der Waals surface area (Å²) in [6.45, 7) is 6.00. The van der Waals surface area contributed by atoms with Gasteiger partial charge in [0.15, 0.2) is 5.17 Å². The van der Waals surface area contributed by atoms with Crippen LogP contribution in [0.1, 0.15) is 12.0 Å². The summed E-state index contributed by atoms with van der Waals surface area (Å²) in [7, 11) is 0. The van der Waals surface area contributed by atoms with E-state index in [1.807, 2.05) is 31.2 Å². The van der Waals surface area contributed by atoms with Crippen LogP contribution in [0.4, 0.5) is 5.69 Å². The number of rotatable bonds is 5. The summed E-state index contributed by atoms with van der Waals surface area (Å²) in [5.74, 6) is -0.363. The van der Waals surface area contributed by atoms with Crippen molar-refractivity contribution < 1.29 is 9.59 Å². The SMILES string of the molecule is C=CCN=C1NC(=O)[C@H](CC(=O)Nc2ccc(C)cc2)S1. The maximum Gasteiger partial charge on any atom is 0.240 e. The predicted molar refractivity (Wildman–Crippen MR) is 86.4 cm³/mol. The molecular weight excluding hydrogens is 286 g/mol. The summed E-state index contributed by atoms with van der Waals surface area (Å²) >= 11 is 1.28. The second-order valence-electron chi connectivity index (χ2n) is 4.65. The molecule has 21 heavy (non-hydrogen) atoms. The molecule has 1 aromatic rings. The minimum absolute atomic E-state index is 0.123. The van der Waals surface area contributed by atoms with Crippen LogP contribution in [-0.4, -0.2) is 28.8 Å². The molecule has 5 nitrogen and oxygen atoms in total. The number of nitrogens with one attached hydrogen (secondary N) is 2. The molecule has 1 aromatic carbocycles. The number of aryl methyl sites for hydroxylation is 1. The number of nitrogens with zero attached hydrogens (tertiary/aromatic N) is 1. The van der Waals surface area contributed by atoms with Gasteiger partial charge in [-0.2, -0.15) is 0 Å². The number of amides is 2. The summed E-state index contributed by atoms with van der Waals surface area (Å²) in [6.07, 6.45) is 1.77. The first-order chi connectivity index (χ1) is 10.1. The zero-order valence-electron chi connectivity index (χ0n) is 11.8. The molecule has 1 fully saturated rings. The van der Waals surface area contributed by atoms with Crippen LogP contribution >= 0.6 is 11.8 Å². The van der Waals surface area contributed by atoms with Crippen molar-refractivity contribution in [2.45, 2.75) is 18.6 Å². The molecule has 0 aliphatic carbocycles. The lowest BCUT2D eigenvalue weighted by Gasteiger charge is -2.07. The fourth-order valence-electron chi connectivity index (χ4n) is 1.78. The van der Waals surface area contributed by atoms with Gasteiger partial charge in [0, 0.05) is 12.1 Å². The second-order valence-corrected chi connectivity index (χ2v) is 5.84. The number of aliphatic imine (C=N–C) groups is 1. The third kappa shape index (κ3) is 4.46. The topological polar surface area (TPSA) is 70.6 Å². The fourth-order valence-corrected chi connectivity index (χ4v) is 2.76. The van der Waals surface area contributed by atoms with E-state index in [9.17, 15) is 9.59 Å². The lowest BCUT2D eigenvalue weighted by atomic mass is 10.2. The van der Waals surface area contributed by atoms with E-state index in [1.165, 1.54) is 11.8 Å². The molecule has 110 valence electrons. The van der Waals surface area contributed by atoms with Crippen LogP contribution < -0.4 is 10.6 Å². The first kappa shape index (κ1) is 15.3. The number of anilines is 1. The van der Waals surface area contributed by atoms with Gasteiger partial charge in [0.2, 0.25) is 11.8 Å². The van der Waals surface area contributed by atoms with E-state index >= 15 is 0 Å². The molecule has 1 aliphatic rings. The van der Waals surface area contributed by atoms with E-state index in [0.29, 0.717) is 11.7 Å². The van der Waals surface area contributed by atoms with E-state index in [2.05, 4.69) is 22.2 Å². The van der Waals surface area contributed by atoms with Gasteiger partial charge >= 0.3 is 0 Å². The standard InChI is InChI=1S/C15H17N3O2S/c1-3-8-16-15-18-14(20)12(21-15)9-13(19)17-11-6-4-10(2)5-7-11/h3-7,12H,1,8-9H2,2H3,(H,17,19)(H,16,18,20)/t12-/m0/s1. The van der Waals surface area contributed by atoms with Crippen molar-refractivity contribution in [1.82, 2.24) is 5.32 Å². The molecule has 0 spiro atoms. The third-order valence-corrected chi connectivity index (χ3v) is 3.97. The molecular formula is C15H17N3O2S. The summed E-state index contributed by atoms with van der Waals surface area (Å²) in [5.41, 5.74) is 1.86. The van der Waals surface area contributed by atoms with Gasteiger partial charge < -0.3 is 10.6 Å². The lowest BCUT2D eigenvalue weighted by Crippen LogP contribution is -2.28. The van der Waals surface area contributed by atoms with Gasteiger partial charge in [0.25, 0.3) is 0 Å². The Morgan fingerprint density at radius 1 is 1.48 bits per heavy atom. The van der Waals surface area contributed by atoms with E-state index in [0.717, 1.165) is 11.3 Å². The Morgan fingerprint density at radius 3 is 2.86 bits per heavy atom. The molecule has 0 radical (unpaired) electrons. The highest BCUT2D eigenvalue weighted by molar-refractivity contribution is 8.15. The number of hydrogen-bond donors (Lipinski definition) is 2. The third-order valence-electron chi connectivity index (χ3n) is 2.85. The van der Waals surface area contributed by atoms with Gasteiger partial charge in [0.1, 0.15) is 5.25 Å². The van der Waals surface area contributed by atoms with Crippen molar-refractivity contribution in [2.24, 2.45) is 4.99 Å². The summed E-state index contributed by atoms with van der Waals surface area (Å²) in [5, 5.41) is 5.57. The highest BCUT2D eigenvalue weighted by Crippen LogP contribution is 2.23. The fraction of sp³-hybridized carbons (Fsp3) is 0.267. The summed E-state index contributed by atoms with van der Waals surface area (Å²) < 4.78 is 0. The highest BCUT2D eigenvalue weighted by atomic mass is 32.2. The van der Waals surface area contributed by atoms with Crippen LogP contribution in [0.3, 0.4) is 0 Å². The van der Waals surface area contributed by atoms with Gasteiger partial charge in [-0.25, -0.2) is 0 Å². The largest absolute Gasteiger partial charge is 0.326 e. The maximum absolute atomic E-state index is 12.0. The van der Waals surface area contributed by atoms with Crippen molar-refractivity contribution in [3.63, 3.8) is 0 Å². The zero-order chi connectivity index (χ0) is 15.2. The Kier molecular flexibility index (Phi) is 5.16. The smallest absolute Gasteiger partial charge is 0.240 e. The van der Waals surface area contributed by atoms with E-state index in [-0.39, 0.29) is 18.2 Å². The van der Waals surface area contributed by atoms with Crippen LogP contribution in [0.2, 0.25) is 0 Å². The van der Waals surface area contributed by atoms with Crippen molar-refractivity contribution in [2.75, 3.05) is 11.9 Å². The van der Waals surface area contributed by atoms with Gasteiger partial charge in [-0.3, -0.25) is 14.6 Å². The molecule has 0 aromatic heterocycles. The summed E-state index contributed by atoms with van der Waals surface area (Å²) in [6, 6.07) is 7.53. The first-order valence-corrected chi connectivity index (χ1v) is 7.46. The van der Waals surface area contributed by atoms with Crippen molar-refractivity contribution in [1.29, 1.82) is 0 Å². The van der Waals surface area contributed by atoms with Gasteiger partial charge in [-0.05, 0) is 19.1 Å². The summed E-state index contributed by atoms with van der Waals surface area (Å²) in [4.78, 5) is 27.9. The Balaban J connectivity index is 1.89. The number of carbonyl (C=O) groups excluding carboxylic acids is 2. The van der Waals surface area contributed by atoms with Crippen LogP contribution in [-0.2, 0) is 9.59 Å². The Bertz CT molecular complexity index is 581. The quantitative estimate of drug-likeness (QED) is 0.818. The molecule has 6 heteroatoms. The Hall–Kier alpha value is -2.08. The minimum atomic E-state index is -0.431. The maximum atomic E-state index is 12.0. The Labute approximate surface area is 127 Å². The molecule has 1 aliphatic heterocycles. The molecule has 2 rings (SSSR count). The Morgan fingerprint density at radius 2 is 2.19 bits per heavy atom. The van der Waals surface area contributed by atoms with Crippen LogP contribution in [0.25, 0.3) is 0 Å². The van der Waals surface area contributed by atoms with Crippen molar-refractivity contribution >= 4 is 34.4 Å². The zero-order valence-corrected chi connectivity index (χ0v) is 12.6. The lowest BCUT2D eigenvalue weighted by molar-refractivity contribution is -0.122. The van der Waals surface area contributed by atoms with Gasteiger partial charge in [-0.1, -0.05) is 35.5 Å². The number of amidine groups is 1. The number of benzene rings is 1. The molecule has 0 bridgehead atoms. The minimum Gasteiger partial charge on any atom is -0.326 e. The van der Waals surface area contributed by atoms with Gasteiger partial charge in [-0.15, -0.1) is 6.58 Å². The number of hydrogen-bond acceptors (Lipinski definition) is 4. The van der Waals surface area contributed by atoms with Crippen molar-refractivity contribution in [3.05, 3.63) is 42.5 Å². The monoisotopic (exact) mass is 303 g/mol. The molecule has 0 unspecified atom stereocenters. The molecule has 1 saturated heterocycles. The van der Waals surface area contributed by atoms with Crippen LogP contribution in [0, 0.1) is 6.92 Å². The van der Waals surface area contributed by atoms with Gasteiger partial charge in [0.05, 0.1) is 6.54 Å². The second kappa shape index (κ2) is 7.08. The van der Waals surface area contributed by atoms with Crippen LogP contribution in [0.5, 0.6) is 0 Å². The average molecular weight is 303 g/mol. The predicted octanol–water partition coefficient (Wildman–Crippen LogP) is 2.10. The number of thioether (sulfide) groups is 1. The van der Waals surface area contributed by atoms with Crippen molar-refractivity contribution in [3.8, 4) is 0 Å². The van der Waals surface area contributed by atoms with E-state index in [1.54, 1.807) is 6.08 Å². The highest BCUT2D eigenvalue weighted by Gasteiger charge is 2.31. The molecule has 2 amide bonds. The number of carbonyl (C=O) groups is 2. The van der Waals surface area contributed by atoms with E-state index < -0.39 is 5.25 Å². The first-order valence-electron chi connectivity index (χ1n) is 6.58. The molecule has 1 heterocycles.